The van der Waals surface area contributed by atoms with Gasteiger partial charge in [0.1, 0.15) is 18.1 Å². The van der Waals surface area contributed by atoms with Gasteiger partial charge in [0.2, 0.25) is 17.7 Å². The van der Waals surface area contributed by atoms with Crippen LogP contribution in [0.4, 0.5) is 0 Å². The SMILES string of the molecule is CC(C)C(NC(=O)C1CCCN1)C(=O)NC(CCC(=O)O)C(=O)NC(CO)C(=O)O. The lowest BCUT2D eigenvalue weighted by Gasteiger charge is -2.26. The van der Waals surface area contributed by atoms with Gasteiger partial charge in [-0.15, -0.1) is 0 Å². The third kappa shape index (κ3) is 7.95. The van der Waals surface area contributed by atoms with Crippen LogP contribution < -0.4 is 21.3 Å². The predicted octanol–water partition coefficient (Wildman–Crippen LogP) is -2.21. The summed E-state index contributed by atoms with van der Waals surface area (Å²) in [4.78, 5) is 59.4. The first-order chi connectivity index (χ1) is 14.1. The zero-order valence-corrected chi connectivity index (χ0v) is 17.0. The van der Waals surface area contributed by atoms with Crippen molar-refractivity contribution in [3.63, 3.8) is 0 Å². The first-order valence-corrected chi connectivity index (χ1v) is 9.76. The largest absolute Gasteiger partial charge is 0.481 e. The maximum absolute atomic E-state index is 12.7. The first kappa shape index (κ1) is 25.3. The van der Waals surface area contributed by atoms with Crippen LogP contribution in [0.2, 0.25) is 0 Å². The molecule has 0 bridgehead atoms. The van der Waals surface area contributed by atoms with Crippen molar-refractivity contribution < 1.29 is 39.3 Å². The van der Waals surface area contributed by atoms with Crippen LogP contribution in [0, 0.1) is 5.92 Å². The number of aliphatic carboxylic acids is 2. The van der Waals surface area contributed by atoms with E-state index < -0.39 is 60.9 Å². The Morgan fingerprint density at radius 1 is 1.00 bits per heavy atom. The molecule has 1 heterocycles. The normalized spacial score (nSPS) is 18.9. The highest BCUT2D eigenvalue weighted by molar-refractivity contribution is 5.94. The second kappa shape index (κ2) is 12.1. The fourth-order valence-corrected chi connectivity index (χ4v) is 2.95. The van der Waals surface area contributed by atoms with E-state index in [1.165, 1.54) is 0 Å². The van der Waals surface area contributed by atoms with Gasteiger partial charge >= 0.3 is 11.9 Å². The molecule has 0 aromatic rings. The monoisotopic (exact) mass is 430 g/mol. The highest BCUT2D eigenvalue weighted by atomic mass is 16.4. The van der Waals surface area contributed by atoms with Crippen LogP contribution in [0.15, 0.2) is 0 Å². The molecule has 12 heteroatoms. The summed E-state index contributed by atoms with van der Waals surface area (Å²) in [5.41, 5.74) is 0. The highest BCUT2D eigenvalue weighted by Crippen LogP contribution is 2.09. The molecule has 4 unspecified atom stereocenters. The van der Waals surface area contributed by atoms with Gasteiger partial charge in [-0.1, -0.05) is 13.8 Å². The van der Waals surface area contributed by atoms with Crippen molar-refractivity contribution in [3.05, 3.63) is 0 Å². The quantitative estimate of drug-likeness (QED) is 0.180. The molecule has 0 saturated carbocycles. The Bertz CT molecular complexity index is 648. The van der Waals surface area contributed by atoms with Crippen LogP contribution in [0.1, 0.15) is 39.5 Å². The first-order valence-electron chi connectivity index (χ1n) is 9.76. The van der Waals surface area contributed by atoms with Crippen LogP contribution in [0.25, 0.3) is 0 Å². The van der Waals surface area contributed by atoms with E-state index in [1.54, 1.807) is 13.8 Å². The van der Waals surface area contributed by atoms with Crippen LogP contribution in [0.5, 0.6) is 0 Å². The van der Waals surface area contributed by atoms with Crippen molar-refractivity contribution in [1.82, 2.24) is 21.3 Å². The van der Waals surface area contributed by atoms with Crippen LogP contribution in [-0.4, -0.2) is 82.3 Å². The zero-order valence-electron chi connectivity index (χ0n) is 17.0. The maximum atomic E-state index is 12.7. The van der Waals surface area contributed by atoms with Crippen LogP contribution >= 0.6 is 0 Å². The predicted molar refractivity (Wildman–Crippen MR) is 103 cm³/mol. The minimum atomic E-state index is -1.60. The van der Waals surface area contributed by atoms with E-state index in [2.05, 4.69) is 21.3 Å². The van der Waals surface area contributed by atoms with Gasteiger partial charge in [-0.25, -0.2) is 4.79 Å². The summed E-state index contributed by atoms with van der Waals surface area (Å²) < 4.78 is 0. The summed E-state index contributed by atoms with van der Waals surface area (Å²) in [7, 11) is 0. The van der Waals surface area contributed by atoms with E-state index in [-0.39, 0.29) is 18.2 Å². The summed E-state index contributed by atoms with van der Waals surface area (Å²) in [6, 6.07) is -4.35. The minimum absolute atomic E-state index is 0.298. The molecule has 0 aromatic carbocycles. The molecule has 0 aliphatic carbocycles. The lowest BCUT2D eigenvalue weighted by Crippen LogP contribution is -2.58. The topological polar surface area (TPSA) is 194 Å². The Morgan fingerprint density at radius 3 is 2.10 bits per heavy atom. The number of aliphatic hydroxyl groups excluding tert-OH is 1. The average Bonchev–Trinajstić information content (AvgIpc) is 3.20. The minimum Gasteiger partial charge on any atom is -0.481 e. The van der Waals surface area contributed by atoms with E-state index in [4.69, 9.17) is 15.3 Å². The molecule has 0 radical (unpaired) electrons. The highest BCUT2D eigenvalue weighted by Gasteiger charge is 2.32. The molecular formula is C18H30N4O8. The zero-order chi connectivity index (χ0) is 22.8. The van der Waals surface area contributed by atoms with E-state index in [0.29, 0.717) is 13.0 Å². The molecular weight excluding hydrogens is 400 g/mol. The number of carboxylic acid groups (broad SMARTS) is 2. The maximum Gasteiger partial charge on any atom is 0.328 e. The van der Waals surface area contributed by atoms with Gasteiger partial charge in [0.25, 0.3) is 0 Å². The van der Waals surface area contributed by atoms with E-state index in [0.717, 1.165) is 6.42 Å². The number of carboxylic acids is 2. The molecule has 1 saturated heterocycles. The summed E-state index contributed by atoms with van der Waals surface area (Å²) in [6.07, 6.45) is 0.719. The van der Waals surface area contributed by atoms with Gasteiger partial charge < -0.3 is 36.6 Å². The van der Waals surface area contributed by atoms with Crippen molar-refractivity contribution >= 4 is 29.7 Å². The van der Waals surface area contributed by atoms with Gasteiger partial charge in [-0.05, 0) is 31.7 Å². The molecule has 3 amide bonds. The Kier molecular flexibility index (Phi) is 10.2. The molecule has 1 fully saturated rings. The molecule has 0 aromatic heterocycles. The number of rotatable bonds is 12. The Morgan fingerprint density at radius 2 is 1.63 bits per heavy atom. The molecule has 170 valence electrons. The number of hydrogen-bond acceptors (Lipinski definition) is 7. The molecule has 4 atom stereocenters. The van der Waals surface area contributed by atoms with Gasteiger partial charge in [-0.3, -0.25) is 19.2 Å². The molecule has 1 aliphatic rings. The van der Waals surface area contributed by atoms with Gasteiger partial charge in [0.15, 0.2) is 0 Å². The number of amides is 3. The number of aliphatic hydroxyl groups is 1. The van der Waals surface area contributed by atoms with Crippen molar-refractivity contribution in [2.75, 3.05) is 13.2 Å². The standard InChI is InChI=1S/C18H30N4O8/c1-9(2)14(22-15(26)10-4-3-7-19-10)17(28)20-11(5-6-13(24)25)16(27)21-12(8-23)18(29)30/h9-12,14,19,23H,3-8H2,1-2H3,(H,20,28)(H,21,27)(H,22,26)(H,24,25)(H,29,30). The fraction of sp³-hybridized carbons (Fsp3) is 0.722. The van der Waals surface area contributed by atoms with Crippen LogP contribution in [-0.2, 0) is 24.0 Å². The Labute approximate surface area is 173 Å². The number of carbonyl (C=O) groups excluding carboxylic acids is 3. The number of nitrogens with one attached hydrogen (secondary N) is 4. The smallest absolute Gasteiger partial charge is 0.328 e. The van der Waals surface area contributed by atoms with E-state index in [1.807, 2.05) is 0 Å². The van der Waals surface area contributed by atoms with E-state index >= 15 is 0 Å². The molecule has 1 rings (SSSR count). The lowest BCUT2D eigenvalue weighted by molar-refractivity contribution is -0.144. The third-order valence-corrected chi connectivity index (χ3v) is 4.70. The second-order valence-corrected chi connectivity index (χ2v) is 7.45. The summed E-state index contributed by atoms with van der Waals surface area (Å²) >= 11 is 0. The molecule has 0 spiro atoms. The van der Waals surface area contributed by atoms with Crippen LogP contribution in [0.3, 0.4) is 0 Å². The fourth-order valence-electron chi connectivity index (χ4n) is 2.95. The molecule has 12 nitrogen and oxygen atoms in total. The number of hydrogen-bond donors (Lipinski definition) is 7. The van der Waals surface area contributed by atoms with Crippen molar-refractivity contribution in [2.45, 2.75) is 63.7 Å². The average molecular weight is 430 g/mol. The summed E-state index contributed by atoms with van der Waals surface area (Å²) in [6.45, 7) is 3.22. The van der Waals surface area contributed by atoms with Gasteiger partial charge in [0, 0.05) is 6.42 Å². The lowest BCUT2D eigenvalue weighted by atomic mass is 10.0. The van der Waals surface area contributed by atoms with E-state index in [9.17, 15) is 24.0 Å². The third-order valence-electron chi connectivity index (χ3n) is 4.70. The van der Waals surface area contributed by atoms with Gasteiger partial charge in [0.05, 0.1) is 12.6 Å². The Balaban J connectivity index is 2.87. The molecule has 30 heavy (non-hydrogen) atoms. The van der Waals surface area contributed by atoms with Crippen molar-refractivity contribution in [3.8, 4) is 0 Å². The van der Waals surface area contributed by atoms with Gasteiger partial charge in [-0.2, -0.15) is 0 Å². The Hall–Kier alpha value is -2.73. The summed E-state index contributed by atoms with van der Waals surface area (Å²) in [5, 5.41) is 37.0. The second-order valence-electron chi connectivity index (χ2n) is 7.45. The van der Waals surface area contributed by atoms with Crippen molar-refractivity contribution in [1.29, 1.82) is 0 Å². The van der Waals surface area contributed by atoms with Crippen molar-refractivity contribution in [2.24, 2.45) is 5.92 Å². The molecule has 1 aliphatic heterocycles. The summed E-state index contributed by atoms with van der Waals surface area (Å²) in [5.74, 6) is -5.01. The number of carbonyl (C=O) groups is 5. The molecule has 7 N–H and O–H groups in total.